The molecule has 1 atom stereocenters. The van der Waals surface area contributed by atoms with Crippen LogP contribution in [0.5, 0.6) is 0 Å². The van der Waals surface area contributed by atoms with Crippen molar-refractivity contribution in [3.63, 3.8) is 0 Å². The molecular weight excluding hydrogens is 337 g/mol. The van der Waals surface area contributed by atoms with Gasteiger partial charge in [0, 0.05) is 31.4 Å². The molecule has 1 unspecified atom stereocenters. The highest BCUT2D eigenvalue weighted by Gasteiger charge is 2.33. The number of carbonyl (C=O) groups excluding carboxylic acids is 1. The lowest BCUT2D eigenvalue weighted by atomic mass is 10.1. The maximum Gasteiger partial charge on any atom is 0.433 e. The van der Waals surface area contributed by atoms with Gasteiger partial charge >= 0.3 is 6.18 Å². The number of amides is 1. The number of aromatic nitrogens is 4. The topological polar surface area (TPSA) is 83.9 Å². The van der Waals surface area contributed by atoms with Crippen molar-refractivity contribution in [2.24, 2.45) is 0 Å². The number of nitrogens with zero attached hydrogens (tertiary/aromatic N) is 5. The summed E-state index contributed by atoms with van der Waals surface area (Å²) in [6.45, 7) is 0.930. The average molecular weight is 352 g/mol. The van der Waals surface area contributed by atoms with Gasteiger partial charge in [-0.1, -0.05) is 0 Å². The Kier molecular flexibility index (Phi) is 4.77. The van der Waals surface area contributed by atoms with Gasteiger partial charge in [0.2, 0.25) is 0 Å². The Morgan fingerprint density at radius 2 is 2.08 bits per heavy atom. The van der Waals surface area contributed by atoms with E-state index in [9.17, 15) is 18.0 Å². The summed E-state index contributed by atoms with van der Waals surface area (Å²) in [7, 11) is 0. The number of piperidine rings is 1. The number of alkyl halides is 3. The van der Waals surface area contributed by atoms with Crippen LogP contribution in [0.15, 0.2) is 31.0 Å². The summed E-state index contributed by atoms with van der Waals surface area (Å²) in [6.07, 6.45) is 0.580. The zero-order valence-electron chi connectivity index (χ0n) is 13.1. The van der Waals surface area contributed by atoms with Gasteiger partial charge in [-0.05, 0) is 18.9 Å². The van der Waals surface area contributed by atoms with E-state index in [1.807, 2.05) is 0 Å². The first kappa shape index (κ1) is 17.1. The minimum absolute atomic E-state index is 0.198. The van der Waals surface area contributed by atoms with Gasteiger partial charge in [0.25, 0.3) is 5.91 Å². The standard InChI is InChI=1S/C15H15F3N6O/c16-15(17,18)12-6-13(22-9-21-12)24-5-1-2-10(7-24)23-14(25)11-3-4-19-8-20-11/h3-4,6,8-10H,1-2,5,7H2,(H,23,25). The summed E-state index contributed by atoms with van der Waals surface area (Å²) in [4.78, 5) is 28.7. The first-order valence-electron chi connectivity index (χ1n) is 7.64. The van der Waals surface area contributed by atoms with Crippen molar-refractivity contribution in [1.82, 2.24) is 25.3 Å². The van der Waals surface area contributed by atoms with Crippen molar-refractivity contribution in [3.8, 4) is 0 Å². The van der Waals surface area contributed by atoms with E-state index in [0.29, 0.717) is 13.1 Å². The zero-order valence-corrected chi connectivity index (χ0v) is 13.1. The van der Waals surface area contributed by atoms with Gasteiger partial charge in [-0.2, -0.15) is 13.2 Å². The first-order chi connectivity index (χ1) is 11.9. The normalized spacial score (nSPS) is 18.0. The van der Waals surface area contributed by atoms with Gasteiger partial charge in [0.1, 0.15) is 29.9 Å². The second kappa shape index (κ2) is 6.99. The molecule has 10 heteroatoms. The molecule has 1 aliphatic heterocycles. The van der Waals surface area contributed by atoms with Crippen LogP contribution in [0.2, 0.25) is 0 Å². The SMILES string of the molecule is O=C(NC1CCCN(c2cc(C(F)(F)F)ncn2)C1)c1ccncn1. The second-order valence-electron chi connectivity index (χ2n) is 5.61. The van der Waals surface area contributed by atoms with Crippen molar-refractivity contribution in [2.45, 2.75) is 25.1 Å². The van der Waals surface area contributed by atoms with Crippen LogP contribution in [0.1, 0.15) is 29.0 Å². The fraction of sp³-hybridized carbons (Fsp3) is 0.400. The molecule has 1 aliphatic rings. The molecule has 25 heavy (non-hydrogen) atoms. The van der Waals surface area contributed by atoms with E-state index in [-0.39, 0.29) is 23.5 Å². The Morgan fingerprint density at radius 3 is 2.80 bits per heavy atom. The summed E-state index contributed by atoms with van der Waals surface area (Å²) >= 11 is 0. The summed E-state index contributed by atoms with van der Waals surface area (Å²) in [5.74, 6) is -0.142. The molecule has 1 fully saturated rings. The smallest absolute Gasteiger partial charge is 0.354 e. The van der Waals surface area contributed by atoms with Gasteiger partial charge in [-0.3, -0.25) is 4.79 Å². The van der Waals surface area contributed by atoms with E-state index in [1.54, 1.807) is 4.90 Å². The summed E-state index contributed by atoms with van der Waals surface area (Å²) in [5, 5.41) is 2.84. The van der Waals surface area contributed by atoms with Crippen LogP contribution >= 0.6 is 0 Å². The maximum atomic E-state index is 12.8. The third-order valence-electron chi connectivity index (χ3n) is 3.84. The second-order valence-corrected chi connectivity index (χ2v) is 5.61. The third kappa shape index (κ3) is 4.20. The van der Waals surface area contributed by atoms with Crippen LogP contribution in [0.4, 0.5) is 19.0 Å². The molecule has 2 aromatic heterocycles. The predicted octanol–water partition coefficient (Wildman–Crippen LogP) is 1.68. The lowest BCUT2D eigenvalue weighted by Gasteiger charge is -2.34. The minimum Gasteiger partial charge on any atom is -0.354 e. The van der Waals surface area contributed by atoms with Crippen molar-refractivity contribution in [2.75, 3.05) is 18.0 Å². The quantitative estimate of drug-likeness (QED) is 0.905. The minimum atomic E-state index is -4.52. The molecule has 0 aromatic carbocycles. The van der Waals surface area contributed by atoms with Gasteiger partial charge < -0.3 is 10.2 Å². The molecule has 1 amide bonds. The molecule has 0 saturated carbocycles. The fourth-order valence-corrected chi connectivity index (χ4v) is 2.66. The summed E-state index contributed by atoms with van der Waals surface area (Å²) in [6, 6.07) is 2.21. The third-order valence-corrected chi connectivity index (χ3v) is 3.84. The maximum absolute atomic E-state index is 12.8. The van der Waals surface area contributed by atoms with E-state index in [0.717, 1.165) is 25.2 Å². The lowest BCUT2D eigenvalue weighted by Crippen LogP contribution is -2.48. The molecule has 0 bridgehead atoms. The molecular formula is C15H15F3N6O. The van der Waals surface area contributed by atoms with E-state index >= 15 is 0 Å². The molecule has 132 valence electrons. The van der Waals surface area contributed by atoms with Crippen LogP contribution in [0.25, 0.3) is 0 Å². The Balaban J connectivity index is 1.68. The Bertz CT molecular complexity index is 740. The van der Waals surface area contributed by atoms with Crippen molar-refractivity contribution in [3.05, 3.63) is 42.4 Å². The van der Waals surface area contributed by atoms with Crippen LogP contribution in [0, 0.1) is 0 Å². The van der Waals surface area contributed by atoms with Gasteiger partial charge in [0.05, 0.1) is 0 Å². The van der Waals surface area contributed by atoms with Gasteiger partial charge in [-0.15, -0.1) is 0 Å². The molecule has 7 nitrogen and oxygen atoms in total. The molecule has 0 aliphatic carbocycles. The van der Waals surface area contributed by atoms with E-state index in [4.69, 9.17) is 0 Å². The lowest BCUT2D eigenvalue weighted by molar-refractivity contribution is -0.141. The summed E-state index contributed by atoms with van der Waals surface area (Å²) < 4.78 is 38.4. The van der Waals surface area contributed by atoms with Crippen LogP contribution in [-0.2, 0) is 6.18 Å². The number of carbonyl (C=O) groups is 1. The summed E-state index contributed by atoms with van der Waals surface area (Å²) in [5.41, 5.74) is -0.738. The van der Waals surface area contributed by atoms with Gasteiger partial charge in [-0.25, -0.2) is 19.9 Å². The fourth-order valence-electron chi connectivity index (χ4n) is 2.66. The molecule has 0 spiro atoms. The first-order valence-corrected chi connectivity index (χ1v) is 7.64. The number of rotatable bonds is 3. The van der Waals surface area contributed by atoms with Gasteiger partial charge in [0.15, 0.2) is 0 Å². The Labute approximate surface area is 141 Å². The largest absolute Gasteiger partial charge is 0.433 e. The molecule has 0 radical (unpaired) electrons. The zero-order chi connectivity index (χ0) is 17.9. The van der Waals surface area contributed by atoms with Crippen molar-refractivity contribution in [1.29, 1.82) is 0 Å². The Hall–Kier alpha value is -2.78. The highest BCUT2D eigenvalue weighted by molar-refractivity contribution is 5.92. The van der Waals surface area contributed by atoms with E-state index in [2.05, 4.69) is 25.3 Å². The molecule has 3 heterocycles. The molecule has 2 aromatic rings. The number of hydrogen-bond acceptors (Lipinski definition) is 6. The number of hydrogen-bond donors (Lipinski definition) is 1. The Morgan fingerprint density at radius 1 is 1.24 bits per heavy atom. The molecule has 1 N–H and O–H groups in total. The predicted molar refractivity (Wildman–Crippen MR) is 81.8 cm³/mol. The van der Waals surface area contributed by atoms with E-state index < -0.39 is 11.9 Å². The van der Waals surface area contributed by atoms with Crippen molar-refractivity contribution >= 4 is 11.7 Å². The molecule has 3 rings (SSSR count). The molecule has 1 saturated heterocycles. The highest BCUT2D eigenvalue weighted by Crippen LogP contribution is 2.29. The van der Waals surface area contributed by atoms with Crippen LogP contribution in [0.3, 0.4) is 0 Å². The average Bonchev–Trinajstić information content (AvgIpc) is 2.62. The van der Waals surface area contributed by atoms with Crippen molar-refractivity contribution < 1.29 is 18.0 Å². The van der Waals surface area contributed by atoms with Crippen LogP contribution in [-0.4, -0.2) is 45.0 Å². The number of halogens is 3. The van der Waals surface area contributed by atoms with E-state index in [1.165, 1.54) is 18.6 Å². The number of anilines is 1. The van der Waals surface area contributed by atoms with Crippen LogP contribution < -0.4 is 10.2 Å². The number of nitrogens with one attached hydrogen (secondary N) is 1. The highest BCUT2D eigenvalue weighted by atomic mass is 19.4. The monoisotopic (exact) mass is 352 g/mol.